The quantitative estimate of drug-likeness (QED) is 0.729. The average Bonchev–Trinajstić information content (AvgIpc) is 2.67. The lowest BCUT2D eigenvalue weighted by atomic mass is 9.93. The number of ether oxygens (including phenoxy) is 1. The van der Waals surface area contributed by atoms with E-state index in [0.29, 0.717) is 27.8 Å². The van der Waals surface area contributed by atoms with Crippen LogP contribution in [-0.4, -0.2) is 37.1 Å². The number of hydrogen-bond acceptors (Lipinski definition) is 3. The Morgan fingerprint density at radius 3 is 2.55 bits per heavy atom. The third-order valence-electron chi connectivity index (χ3n) is 4.74. The van der Waals surface area contributed by atoms with E-state index in [-0.39, 0.29) is 16.5 Å². The van der Waals surface area contributed by atoms with Crippen LogP contribution in [-0.2, 0) is 4.79 Å². The Bertz CT molecular complexity index is 989. The van der Waals surface area contributed by atoms with Crippen molar-refractivity contribution in [2.45, 2.75) is 13.0 Å². The van der Waals surface area contributed by atoms with E-state index >= 15 is 0 Å². The van der Waals surface area contributed by atoms with Gasteiger partial charge in [0, 0.05) is 30.4 Å². The molecule has 0 aliphatic carbocycles. The first-order valence-corrected chi connectivity index (χ1v) is 9.66. The molecule has 0 saturated carbocycles. The van der Waals surface area contributed by atoms with Crippen LogP contribution in [0.3, 0.4) is 0 Å². The number of methoxy groups -OCH3 is 1. The standard InChI is InChI=1S/C21H21ClFN3O2S/c1-12-17(20(27)25(2)3)19(18-13(22)8-7-9-14(18)23)24-21(29)26(12)15-10-5-6-11-16(15)28-4/h5-11,19H,1-4H3,(H,24,29). The highest BCUT2D eigenvalue weighted by molar-refractivity contribution is 7.80. The molecule has 2 aromatic carbocycles. The molecular weight excluding hydrogens is 413 g/mol. The van der Waals surface area contributed by atoms with E-state index < -0.39 is 11.9 Å². The van der Waals surface area contributed by atoms with Crippen molar-refractivity contribution in [2.24, 2.45) is 0 Å². The lowest BCUT2D eigenvalue weighted by Crippen LogP contribution is -2.49. The minimum atomic E-state index is -0.822. The van der Waals surface area contributed by atoms with Crippen molar-refractivity contribution in [3.63, 3.8) is 0 Å². The number of nitrogens with one attached hydrogen (secondary N) is 1. The van der Waals surface area contributed by atoms with Crippen molar-refractivity contribution < 1.29 is 13.9 Å². The molecule has 8 heteroatoms. The molecule has 1 heterocycles. The molecule has 0 bridgehead atoms. The van der Waals surface area contributed by atoms with E-state index in [1.54, 1.807) is 45.2 Å². The Balaban J connectivity index is 2.26. The van der Waals surface area contributed by atoms with E-state index in [9.17, 15) is 9.18 Å². The molecule has 1 amide bonds. The van der Waals surface area contributed by atoms with Crippen LogP contribution in [0, 0.1) is 5.82 Å². The van der Waals surface area contributed by atoms with Crippen LogP contribution in [0.5, 0.6) is 5.75 Å². The second-order valence-electron chi connectivity index (χ2n) is 6.72. The molecule has 29 heavy (non-hydrogen) atoms. The van der Waals surface area contributed by atoms with E-state index in [2.05, 4.69) is 5.32 Å². The fourth-order valence-electron chi connectivity index (χ4n) is 3.37. The zero-order valence-corrected chi connectivity index (χ0v) is 18.1. The van der Waals surface area contributed by atoms with Gasteiger partial charge in [0.15, 0.2) is 5.11 Å². The molecule has 2 aromatic rings. The van der Waals surface area contributed by atoms with E-state index in [1.165, 1.54) is 17.0 Å². The first-order chi connectivity index (χ1) is 13.8. The molecule has 0 fully saturated rings. The number of anilines is 1. The summed E-state index contributed by atoms with van der Waals surface area (Å²) in [7, 11) is 4.85. The SMILES string of the molecule is COc1ccccc1N1C(=S)NC(c2c(F)cccc2Cl)C(C(=O)N(C)C)=C1C. The number of hydrogen-bond donors (Lipinski definition) is 1. The minimum absolute atomic E-state index is 0.181. The van der Waals surface area contributed by atoms with Gasteiger partial charge in [-0.1, -0.05) is 29.8 Å². The summed E-state index contributed by atoms with van der Waals surface area (Å²) in [6, 6.07) is 10.9. The molecule has 0 aromatic heterocycles. The molecule has 1 aliphatic heterocycles. The molecule has 0 saturated heterocycles. The molecule has 0 radical (unpaired) electrons. The third kappa shape index (κ3) is 3.80. The molecule has 152 valence electrons. The molecular formula is C21H21ClFN3O2S. The van der Waals surface area contributed by atoms with Gasteiger partial charge in [-0.05, 0) is 43.4 Å². The monoisotopic (exact) mass is 433 g/mol. The van der Waals surface area contributed by atoms with Crippen molar-refractivity contribution in [3.8, 4) is 5.75 Å². The van der Waals surface area contributed by atoms with Crippen LogP contribution in [0.1, 0.15) is 18.5 Å². The van der Waals surface area contributed by atoms with Gasteiger partial charge < -0.3 is 15.0 Å². The van der Waals surface area contributed by atoms with Crippen LogP contribution in [0.2, 0.25) is 5.02 Å². The van der Waals surface area contributed by atoms with Gasteiger partial charge >= 0.3 is 0 Å². The Labute approximate surface area is 179 Å². The number of halogens is 2. The molecule has 3 rings (SSSR count). The first-order valence-electron chi connectivity index (χ1n) is 8.87. The van der Waals surface area contributed by atoms with Crippen LogP contribution >= 0.6 is 23.8 Å². The second kappa shape index (κ2) is 8.39. The number of allylic oxidation sites excluding steroid dienone is 1. The predicted molar refractivity (Wildman–Crippen MR) is 117 cm³/mol. The zero-order valence-electron chi connectivity index (χ0n) is 16.5. The number of amides is 1. The zero-order chi connectivity index (χ0) is 21.3. The number of para-hydroxylation sites is 2. The Morgan fingerprint density at radius 1 is 1.24 bits per heavy atom. The van der Waals surface area contributed by atoms with Crippen molar-refractivity contribution in [1.29, 1.82) is 0 Å². The second-order valence-corrected chi connectivity index (χ2v) is 7.52. The maximum Gasteiger partial charge on any atom is 0.253 e. The van der Waals surface area contributed by atoms with E-state index in [1.807, 2.05) is 18.2 Å². The van der Waals surface area contributed by atoms with E-state index in [0.717, 1.165) is 0 Å². The summed E-state index contributed by atoms with van der Waals surface area (Å²) in [4.78, 5) is 16.3. The van der Waals surface area contributed by atoms with Crippen LogP contribution in [0.4, 0.5) is 10.1 Å². The Kier molecular flexibility index (Phi) is 6.10. The number of carbonyl (C=O) groups is 1. The minimum Gasteiger partial charge on any atom is -0.495 e. The number of likely N-dealkylation sites (N-methyl/N-ethyl adjacent to an activating group) is 1. The fraction of sp³-hybridized carbons (Fsp3) is 0.238. The number of carbonyl (C=O) groups excluding carboxylic acids is 1. The van der Waals surface area contributed by atoms with Gasteiger partial charge in [-0.3, -0.25) is 9.69 Å². The average molecular weight is 434 g/mol. The van der Waals surface area contributed by atoms with Gasteiger partial charge in [-0.25, -0.2) is 4.39 Å². The maximum absolute atomic E-state index is 14.7. The molecule has 1 N–H and O–H groups in total. The normalized spacial score (nSPS) is 16.6. The molecule has 5 nitrogen and oxygen atoms in total. The highest BCUT2D eigenvalue weighted by atomic mass is 35.5. The smallest absolute Gasteiger partial charge is 0.253 e. The van der Waals surface area contributed by atoms with Crippen molar-refractivity contribution >= 4 is 40.5 Å². The number of nitrogens with zero attached hydrogens (tertiary/aromatic N) is 2. The molecule has 1 atom stereocenters. The summed E-state index contributed by atoms with van der Waals surface area (Å²) < 4.78 is 20.2. The number of thiocarbonyl (C=S) groups is 1. The number of rotatable bonds is 4. The number of benzene rings is 2. The summed E-state index contributed by atoms with van der Waals surface area (Å²) in [6.45, 7) is 1.78. The van der Waals surface area contributed by atoms with Crippen LogP contribution in [0.25, 0.3) is 0 Å². The van der Waals surface area contributed by atoms with Gasteiger partial charge in [-0.15, -0.1) is 0 Å². The topological polar surface area (TPSA) is 44.8 Å². The van der Waals surface area contributed by atoms with Gasteiger partial charge in [0.1, 0.15) is 11.6 Å². The molecule has 1 aliphatic rings. The Morgan fingerprint density at radius 2 is 1.93 bits per heavy atom. The summed E-state index contributed by atoms with van der Waals surface area (Å²) >= 11 is 11.9. The van der Waals surface area contributed by atoms with Gasteiger partial charge in [-0.2, -0.15) is 0 Å². The summed E-state index contributed by atoms with van der Waals surface area (Å²) in [5.41, 5.74) is 1.77. The lowest BCUT2D eigenvalue weighted by Gasteiger charge is -2.39. The van der Waals surface area contributed by atoms with Crippen molar-refractivity contribution in [2.75, 3.05) is 26.1 Å². The summed E-state index contributed by atoms with van der Waals surface area (Å²) in [5.74, 6) is -0.197. The van der Waals surface area contributed by atoms with Gasteiger partial charge in [0.25, 0.3) is 5.91 Å². The highest BCUT2D eigenvalue weighted by Crippen LogP contribution is 2.40. The predicted octanol–water partition coefficient (Wildman–Crippen LogP) is 4.29. The van der Waals surface area contributed by atoms with Crippen LogP contribution < -0.4 is 15.0 Å². The Hall–Kier alpha value is -2.64. The van der Waals surface area contributed by atoms with Gasteiger partial charge in [0.05, 0.1) is 24.4 Å². The lowest BCUT2D eigenvalue weighted by molar-refractivity contribution is -0.125. The van der Waals surface area contributed by atoms with Crippen molar-refractivity contribution in [3.05, 3.63) is 70.1 Å². The van der Waals surface area contributed by atoms with Crippen molar-refractivity contribution in [1.82, 2.24) is 10.2 Å². The summed E-state index contributed by atoms with van der Waals surface area (Å²) in [5, 5.41) is 3.63. The fourth-order valence-corrected chi connectivity index (χ4v) is 3.99. The van der Waals surface area contributed by atoms with E-state index in [4.69, 9.17) is 28.6 Å². The molecule has 0 spiro atoms. The highest BCUT2D eigenvalue weighted by Gasteiger charge is 2.38. The van der Waals surface area contributed by atoms with Crippen LogP contribution in [0.15, 0.2) is 53.7 Å². The maximum atomic E-state index is 14.7. The third-order valence-corrected chi connectivity index (χ3v) is 5.37. The molecule has 1 unspecified atom stereocenters. The first kappa shape index (κ1) is 21.1. The van der Waals surface area contributed by atoms with Gasteiger partial charge in [0.2, 0.25) is 0 Å². The summed E-state index contributed by atoms with van der Waals surface area (Å²) in [6.07, 6.45) is 0. The largest absolute Gasteiger partial charge is 0.495 e.